The van der Waals surface area contributed by atoms with E-state index < -0.39 is 6.10 Å². The van der Waals surface area contributed by atoms with Crippen molar-refractivity contribution in [1.29, 1.82) is 0 Å². The fourth-order valence-corrected chi connectivity index (χ4v) is 4.62. The maximum atomic E-state index is 13.1. The fraction of sp³-hybridized carbons (Fsp3) is 0.200. The molecular formula is C25H22ClN3O3. The van der Waals surface area contributed by atoms with E-state index in [-0.39, 0.29) is 11.8 Å². The van der Waals surface area contributed by atoms with Crippen molar-refractivity contribution in [3.05, 3.63) is 76.1 Å². The van der Waals surface area contributed by atoms with Gasteiger partial charge in [-0.1, -0.05) is 35.9 Å². The number of aliphatic hydroxyl groups excluding tert-OH is 1. The molecule has 2 aromatic carbocycles. The number of carbonyl (C=O) groups excluding carboxylic acids is 2. The first-order valence-electron chi connectivity index (χ1n) is 10.5. The van der Waals surface area contributed by atoms with E-state index in [9.17, 15) is 14.7 Å². The third-order valence-corrected chi connectivity index (χ3v) is 6.15. The first kappa shape index (κ1) is 20.5. The quantitative estimate of drug-likeness (QED) is 0.522. The third kappa shape index (κ3) is 3.61. The summed E-state index contributed by atoms with van der Waals surface area (Å²) in [7, 11) is 0. The number of nitrogens with zero attached hydrogens (tertiary/aromatic N) is 1. The van der Waals surface area contributed by atoms with Gasteiger partial charge in [-0.2, -0.15) is 0 Å². The molecule has 0 saturated carbocycles. The van der Waals surface area contributed by atoms with Gasteiger partial charge < -0.3 is 20.3 Å². The van der Waals surface area contributed by atoms with Gasteiger partial charge >= 0.3 is 0 Å². The number of β-amino-alcohol motifs (C(OH)–C–C–N with tert-alkyl or cyclic N) is 1. The van der Waals surface area contributed by atoms with Crippen LogP contribution in [0.3, 0.4) is 0 Å². The van der Waals surface area contributed by atoms with Crippen molar-refractivity contribution in [3.8, 4) is 11.1 Å². The highest BCUT2D eigenvalue weighted by Crippen LogP contribution is 2.41. The van der Waals surface area contributed by atoms with Crippen LogP contribution in [0.15, 0.2) is 48.5 Å². The smallest absolute Gasteiger partial charge is 0.256 e. The number of rotatable bonds is 3. The number of halogens is 1. The topological polar surface area (TPSA) is 85.4 Å². The van der Waals surface area contributed by atoms with Gasteiger partial charge in [0.15, 0.2) is 0 Å². The van der Waals surface area contributed by atoms with Crippen LogP contribution in [0.2, 0.25) is 5.02 Å². The van der Waals surface area contributed by atoms with Crippen LogP contribution in [0.25, 0.3) is 22.8 Å². The lowest BCUT2D eigenvalue weighted by molar-refractivity contribution is -0.110. The van der Waals surface area contributed by atoms with Gasteiger partial charge in [0, 0.05) is 35.1 Å². The molecule has 1 aromatic heterocycles. The SMILES string of the molecule is Cc1cc(C(=O)N2CC[C@@H](O)C2)c(C=C2C(=O)Nc3cccc(-c4cccc(Cl)c4)c32)[nH]1. The minimum absolute atomic E-state index is 0.153. The molecule has 0 radical (unpaired) electrons. The van der Waals surface area contributed by atoms with Crippen molar-refractivity contribution in [2.45, 2.75) is 19.4 Å². The number of hydrogen-bond donors (Lipinski definition) is 3. The molecule has 1 fully saturated rings. The second kappa shape index (κ2) is 7.97. The summed E-state index contributed by atoms with van der Waals surface area (Å²) >= 11 is 6.21. The standard InChI is InChI=1S/C25H22ClN3O3/c1-14-10-19(25(32)29-9-8-17(30)13-29)22(27-14)12-20-23-18(15-4-2-5-16(26)11-15)6-3-7-21(23)28-24(20)31/h2-7,10-12,17,27,30H,8-9,13H2,1H3,(H,28,31)/t17-/m1/s1. The Labute approximate surface area is 190 Å². The van der Waals surface area contributed by atoms with Crippen molar-refractivity contribution in [2.24, 2.45) is 0 Å². The minimum Gasteiger partial charge on any atom is -0.391 e. The average molecular weight is 448 g/mol. The van der Waals surface area contributed by atoms with E-state index in [4.69, 9.17) is 11.6 Å². The van der Waals surface area contributed by atoms with E-state index in [1.165, 1.54) is 0 Å². The van der Waals surface area contributed by atoms with E-state index >= 15 is 0 Å². The molecular weight excluding hydrogens is 426 g/mol. The first-order chi connectivity index (χ1) is 15.4. The number of anilines is 1. The Bertz CT molecular complexity index is 1280. The number of carbonyl (C=O) groups is 2. The maximum absolute atomic E-state index is 13.1. The summed E-state index contributed by atoms with van der Waals surface area (Å²) in [5, 5.41) is 13.4. The van der Waals surface area contributed by atoms with Gasteiger partial charge in [-0.25, -0.2) is 0 Å². The zero-order valence-corrected chi connectivity index (χ0v) is 18.2. The monoisotopic (exact) mass is 447 g/mol. The predicted octanol–water partition coefficient (Wildman–Crippen LogP) is 4.34. The number of fused-ring (bicyclic) bond motifs is 1. The van der Waals surface area contributed by atoms with Crippen LogP contribution in [0.5, 0.6) is 0 Å². The van der Waals surface area contributed by atoms with Crippen LogP contribution in [0, 0.1) is 6.92 Å². The Morgan fingerprint density at radius 3 is 2.78 bits per heavy atom. The molecule has 162 valence electrons. The van der Waals surface area contributed by atoms with Gasteiger partial charge in [0.2, 0.25) is 0 Å². The van der Waals surface area contributed by atoms with Gasteiger partial charge in [-0.05, 0) is 54.8 Å². The number of H-pyrrole nitrogens is 1. The van der Waals surface area contributed by atoms with Crippen molar-refractivity contribution in [3.63, 3.8) is 0 Å². The normalized spacial score (nSPS) is 18.8. The molecule has 6 nitrogen and oxygen atoms in total. The summed E-state index contributed by atoms with van der Waals surface area (Å²) in [6, 6.07) is 15.0. The van der Waals surface area contributed by atoms with E-state index in [0.717, 1.165) is 28.1 Å². The Morgan fingerprint density at radius 1 is 1.22 bits per heavy atom. The third-order valence-electron chi connectivity index (χ3n) is 5.91. The summed E-state index contributed by atoms with van der Waals surface area (Å²) in [5.41, 5.74) is 5.66. The molecule has 5 rings (SSSR count). The molecule has 1 atom stereocenters. The fourth-order valence-electron chi connectivity index (χ4n) is 4.43. The number of aromatic amines is 1. The number of aryl methyl sites for hydroxylation is 1. The van der Waals surface area contributed by atoms with E-state index in [0.29, 0.717) is 41.4 Å². The van der Waals surface area contributed by atoms with Gasteiger partial charge in [0.25, 0.3) is 11.8 Å². The molecule has 0 aliphatic carbocycles. The molecule has 3 N–H and O–H groups in total. The number of aliphatic hydroxyl groups is 1. The van der Waals surface area contributed by atoms with Crippen molar-refractivity contribution in [1.82, 2.24) is 9.88 Å². The highest BCUT2D eigenvalue weighted by molar-refractivity contribution is 6.36. The summed E-state index contributed by atoms with van der Waals surface area (Å²) in [4.78, 5) is 30.9. The first-order valence-corrected chi connectivity index (χ1v) is 10.9. The Balaban J connectivity index is 1.61. The number of hydrogen-bond acceptors (Lipinski definition) is 3. The van der Waals surface area contributed by atoms with Gasteiger partial charge in [0.05, 0.1) is 22.9 Å². The molecule has 32 heavy (non-hydrogen) atoms. The molecule has 2 aliphatic rings. The molecule has 2 aliphatic heterocycles. The molecule has 2 amide bonds. The zero-order chi connectivity index (χ0) is 22.4. The van der Waals surface area contributed by atoms with Crippen molar-refractivity contribution >= 4 is 40.8 Å². The van der Waals surface area contributed by atoms with Crippen molar-refractivity contribution in [2.75, 3.05) is 18.4 Å². The lowest BCUT2D eigenvalue weighted by atomic mass is 9.94. The Kier molecular flexibility index (Phi) is 5.12. The number of nitrogens with one attached hydrogen (secondary N) is 2. The Hall–Kier alpha value is -3.35. The second-order valence-electron chi connectivity index (χ2n) is 8.22. The number of aromatic nitrogens is 1. The van der Waals surface area contributed by atoms with Crippen LogP contribution in [0.1, 0.15) is 33.7 Å². The summed E-state index contributed by atoms with van der Waals surface area (Å²) in [6.45, 7) is 2.71. The number of amides is 2. The van der Waals surface area contributed by atoms with E-state index in [1.807, 2.05) is 49.4 Å². The van der Waals surface area contributed by atoms with Crippen LogP contribution >= 0.6 is 11.6 Å². The molecule has 0 bridgehead atoms. The van der Waals surface area contributed by atoms with Gasteiger partial charge in [0.1, 0.15) is 0 Å². The second-order valence-corrected chi connectivity index (χ2v) is 8.66. The van der Waals surface area contributed by atoms with Crippen LogP contribution in [-0.4, -0.2) is 46.0 Å². The molecule has 7 heteroatoms. The van der Waals surface area contributed by atoms with Crippen LogP contribution in [-0.2, 0) is 4.79 Å². The number of benzene rings is 2. The molecule has 1 saturated heterocycles. The molecule has 0 unspecified atom stereocenters. The van der Waals surface area contributed by atoms with Crippen LogP contribution < -0.4 is 5.32 Å². The summed E-state index contributed by atoms with van der Waals surface area (Å²) < 4.78 is 0. The Morgan fingerprint density at radius 2 is 2.03 bits per heavy atom. The largest absolute Gasteiger partial charge is 0.391 e. The lowest BCUT2D eigenvalue weighted by Gasteiger charge is -2.15. The molecule has 0 spiro atoms. The van der Waals surface area contributed by atoms with E-state index in [2.05, 4.69) is 10.3 Å². The van der Waals surface area contributed by atoms with Gasteiger partial charge in [-0.3, -0.25) is 9.59 Å². The van der Waals surface area contributed by atoms with Crippen molar-refractivity contribution < 1.29 is 14.7 Å². The minimum atomic E-state index is -0.492. The highest BCUT2D eigenvalue weighted by atomic mass is 35.5. The molecule has 3 heterocycles. The zero-order valence-electron chi connectivity index (χ0n) is 17.5. The summed E-state index contributed by atoms with van der Waals surface area (Å²) in [6.07, 6.45) is 1.82. The van der Waals surface area contributed by atoms with Crippen LogP contribution in [0.4, 0.5) is 5.69 Å². The highest BCUT2D eigenvalue weighted by Gasteiger charge is 2.30. The summed E-state index contributed by atoms with van der Waals surface area (Å²) in [5.74, 6) is -0.378. The predicted molar refractivity (Wildman–Crippen MR) is 125 cm³/mol. The average Bonchev–Trinajstić information content (AvgIpc) is 3.45. The number of likely N-dealkylation sites (tertiary alicyclic amines) is 1. The van der Waals surface area contributed by atoms with Gasteiger partial charge in [-0.15, -0.1) is 0 Å². The lowest BCUT2D eigenvalue weighted by Crippen LogP contribution is -2.29. The molecule has 3 aromatic rings. The maximum Gasteiger partial charge on any atom is 0.256 e. The van der Waals surface area contributed by atoms with E-state index in [1.54, 1.807) is 17.0 Å².